The molecule has 1 aromatic carbocycles. The summed E-state index contributed by atoms with van der Waals surface area (Å²) in [4.78, 5) is 12.0. The number of Topliss-reactive ketones (excluding diaryl/α,β-unsaturated/α-hetero) is 1. The van der Waals surface area contributed by atoms with E-state index in [1.54, 1.807) is 18.4 Å². The Labute approximate surface area is 88.5 Å². The number of hydrogen-bond donors (Lipinski definition) is 1. The summed E-state index contributed by atoms with van der Waals surface area (Å²) in [5.41, 5.74) is 7.53. The maximum Gasteiger partial charge on any atom is 0.194 e. The molecule has 15 heavy (non-hydrogen) atoms. The smallest absolute Gasteiger partial charge is 0.194 e. The fourth-order valence-corrected chi connectivity index (χ4v) is 1.61. The van der Waals surface area contributed by atoms with Crippen LogP contribution in [0.25, 0.3) is 0 Å². The van der Waals surface area contributed by atoms with Gasteiger partial charge in [0.05, 0.1) is 12.9 Å². The molecule has 2 N–H and O–H groups in total. The zero-order chi connectivity index (χ0) is 10.7. The Kier molecular flexibility index (Phi) is 2.72. The number of ketones is 1. The van der Waals surface area contributed by atoms with E-state index < -0.39 is 0 Å². The standard InChI is InChI=1S/C12H13NO2/c13-11-6-2-1-5-10(11)12(14)9-4-3-7-15-8-9/h1-2,5-6,8H,3-4,7,13H2. The Bertz CT molecular complexity index is 410. The molecule has 0 amide bonds. The number of carbonyl (C=O) groups is 1. The van der Waals surface area contributed by atoms with Gasteiger partial charge in [0, 0.05) is 16.8 Å². The molecule has 78 valence electrons. The van der Waals surface area contributed by atoms with Crippen LogP contribution in [0.2, 0.25) is 0 Å². The first-order valence-corrected chi connectivity index (χ1v) is 4.99. The van der Waals surface area contributed by atoms with Crippen LogP contribution in [0.5, 0.6) is 0 Å². The molecule has 1 aliphatic heterocycles. The van der Waals surface area contributed by atoms with Crippen LogP contribution in [0.4, 0.5) is 5.69 Å². The molecular weight excluding hydrogens is 190 g/mol. The van der Waals surface area contributed by atoms with Gasteiger partial charge >= 0.3 is 0 Å². The Morgan fingerprint density at radius 3 is 2.80 bits per heavy atom. The number of nitrogen functional groups attached to an aromatic ring is 1. The molecule has 0 unspecified atom stereocenters. The molecule has 0 fully saturated rings. The highest BCUT2D eigenvalue weighted by Gasteiger charge is 2.16. The third kappa shape index (κ3) is 2.01. The van der Waals surface area contributed by atoms with Crippen molar-refractivity contribution in [1.82, 2.24) is 0 Å². The van der Waals surface area contributed by atoms with E-state index in [1.807, 2.05) is 12.1 Å². The SMILES string of the molecule is Nc1ccccc1C(=O)C1=COCCC1. The summed E-state index contributed by atoms with van der Waals surface area (Å²) in [7, 11) is 0. The topological polar surface area (TPSA) is 52.3 Å². The van der Waals surface area contributed by atoms with Gasteiger partial charge in [0.1, 0.15) is 0 Å². The summed E-state index contributed by atoms with van der Waals surface area (Å²) in [6.07, 6.45) is 3.22. The van der Waals surface area contributed by atoms with Crippen LogP contribution < -0.4 is 5.73 Å². The van der Waals surface area contributed by atoms with Gasteiger partial charge in [-0.25, -0.2) is 0 Å². The lowest BCUT2D eigenvalue weighted by Crippen LogP contribution is -2.11. The van der Waals surface area contributed by atoms with Crippen molar-refractivity contribution in [3.63, 3.8) is 0 Å². The molecule has 1 heterocycles. The quantitative estimate of drug-likeness (QED) is 0.591. The van der Waals surface area contributed by atoms with Crippen LogP contribution in [0, 0.1) is 0 Å². The van der Waals surface area contributed by atoms with Crippen molar-refractivity contribution in [2.75, 3.05) is 12.3 Å². The molecule has 3 heteroatoms. The van der Waals surface area contributed by atoms with Crippen LogP contribution in [0.15, 0.2) is 36.1 Å². The number of allylic oxidation sites excluding steroid dienone is 1. The van der Waals surface area contributed by atoms with Gasteiger partial charge < -0.3 is 10.5 Å². The van der Waals surface area contributed by atoms with Crippen molar-refractivity contribution in [3.8, 4) is 0 Å². The largest absolute Gasteiger partial charge is 0.501 e. The number of hydrogen-bond acceptors (Lipinski definition) is 3. The lowest BCUT2D eigenvalue weighted by atomic mass is 9.98. The molecule has 3 nitrogen and oxygen atoms in total. The van der Waals surface area contributed by atoms with Gasteiger partial charge in [-0.1, -0.05) is 12.1 Å². The highest BCUT2D eigenvalue weighted by atomic mass is 16.5. The summed E-state index contributed by atoms with van der Waals surface area (Å²) >= 11 is 0. The van der Waals surface area contributed by atoms with Crippen molar-refractivity contribution in [2.24, 2.45) is 0 Å². The average molecular weight is 203 g/mol. The molecule has 0 atom stereocenters. The molecule has 0 saturated heterocycles. The lowest BCUT2D eigenvalue weighted by Gasteiger charge is -2.13. The van der Waals surface area contributed by atoms with Crippen molar-refractivity contribution in [2.45, 2.75) is 12.8 Å². The fraction of sp³-hybridized carbons (Fsp3) is 0.250. The second-order valence-corrected chi connectivity index (χ2v) is 3.53. The van der Waals surface area contributed by atoms with E-state index in [0.717, 1.165) is 12.8 Å². The van der Waals surface area contributed by atoms with Crippen LogP contribution in [0.3, 0.4) is 0 Å². The molecule has 1 aliphatic rings. The van der Waals surface area contributed by atoms with Gasteiger partial charge in [-0.05, 0) is 25.0 Å². The summed E-state index contributed by atoms with van der Waals surface area (Å²) in [6, 6.07) is 7.11. The Hall–Kier alpha value is -1.77. The van der Waals surface area contributed by atoms with Crippen LogP contribution >= 0.6 is 0 Å². The Morgan fingerprint density at radius 1 is 1.33 bits per heavy atom. The summed E-state index contributed by atoms with van der Waals surface area (Å²) < 4.78 is 5.14. The minimum absolute atomic E-state index is 0.0206. The Morgan fingerprint density at radius 2 is 2.13 bits per heavy atom. The second kappa shape index (κ2) is 4.17. The van der Waals surface area contributed by atoms with Gasteiger partial charge in [-0.15, -0.1) is 0 Å². The normalized spacial score (nSPS) is 15.3. The van der Waals surface area contributed by atoms with Crippen molar-refractivity contribution in [3.05, 3.63) is 41.7 Å². The van der Waals surface area contributed by atoms with E-state index in [4.69, 9.17) is 10.5 Å². The monoisotopic (exact) mass is 203 g/mol. The molecule has 0 bridgehead atoms. The number of anilines is 1. The zero-order valence-electron chi connectivity index (χ0n) is 8.40. The van der Waals surface area contributed by atoms with Gasteiger partial charge in [0.2, 0.25) is 0 Å². The number of carbonyl (C=O) groups excluding carboxylic acids is 1. The minimum atomic E-state index is -0.0206. The molecule has 1 aromatic rings. The van der Waals surface area contributed by atoms with E-state index in [9.17, 15) is 4.79 Å². The van der Waals surface area contributed by atoms with E-state index >= 15 is 0 Å². The number of ether oxygens (including phenoxy) is 1. The lowest BCUT2D eigenvalue weighted by molar-refractivity contribution is 0.101. The average Bonchev–Trinajstić information content (AvgIpc) is 2.30. The summed E-state index contributed by atoms with van der Waals surface area (Å²) in [5.74, 6) is -0.0206. The predicted molar refractivity (Wildman–Crippen MR) is 58.5 cm³/mol. The van der Waals surface area contributed by atoms with Gasteiger partial charge in [0.25, 0.3) is 0 Å². The molecule has 0 saturated carbocycles. The van der Waals surface area contributed by atoms with Gasteiger partial charge in [-0.2, -0.15) is 0 Å². The first-order chi connectivity index (χ1) is 7.29. The van der Waals surface area contributed by atoms with E-state index in [2.05, 4.69) is 0 Å². The molecule has 0 aromatic heterocycles. The highest BCUT2D eigenvalue weighted by molar-refractivity contribution is 6.11. The summed E-state index contributed by atoms with van der Waals surface area (Å²) in [5, 5.41) is 0. The number of benzene rings is 1. The van der Waals surface area contributed by atoms with E-state index in [1.165, 1.54) is 0 Å². The third-order valence-corrected chi connectivity index (χ3v) is 2.43. The van der Waals surface area contributed by atoms with E-state index in [0.29, 0.717) is 23.4 Å². The van der Waals surface area contributed by atoms with Crippen LogP contribution in [-0.4, -0.2) is 12.4 Å². The third-order valence-electron chi connectivity index (χ3n) is 2.43. The predicted octanol–water partition coefficient (Wildman–Crippen LogP) is 2.15. The number of para-hydroxylation sites is 1. The fourth-order valence-electron chi connectivity index (χ4n) is 1.61. The van der Waals surface area contributed by atoms with Gasteiger partial charge in [0.15, 0.2) is 5.78 Å². The zero-order valence-corrected chi connectivity index (χ0v) is 8.40. The molecule has 2 rings (SSSR count). The van der Waals surface area contributed by atoms with Crippen LogP contribution in [0.1, 0.15) is 23.2 Å². The first kappa shape index (κ1) is 9.77. The van der Waals surface area contributed by atoms with Gasteiger partial charge in [-0.3, -0.25) is 4.79 Å². The summed E-state index contributed by atoms with van der Waals surface area (Å²) in [6.45, 7) is 0.695. The van der Waals surface area contributed by atoms with Crippen molar-refractivity contribution < 1.29 is 9.53 Å². The van der Waals surface area contributed by atoms with E-state index in [-0.39, 0.29) is 5.78 Å². The highest BCUT2D eigenvalue weighted by Crippen LogP contribution is 2.20. The van der Waals surface area contributed by atoms with Crippen molar-refractivity contribution in [1.29, 1.82) is 0 Å². The second-order valence-electron chi connectivity index (χ2n) is 3.53. The number of rotatable bonds is 2. The maximum absolute atomic E-state index is 12.0. The molecular formula is C12H13NO2. The number of nitrogens with two attached hydrogens (primary N) is 1. The Balaban J connectivity index is 2.28. The first-order valence-electron chi connectivity index (χ1n) is 4.99. The van der Waals surface area contributed by atoms with Crippen LogP contribution in [-0.2, 0) is 4.74 Å². The van der Waals surface area contributed by atoms with Crippen molar-refractivity contribution >= 4 is 11.5 Å². The maximum atomic E-state index is 12.0. The molecule has 0 aliphatic carbocycles. The minimum Gasteiger partial charge on any atom is -0.501 e. The molecule has 0 spiro atoms. The molecule has 0 radical (unpaired) electrons.